The Morgan fingerprint density at radius 2 is 2.27 bits per heavy atom. The summed E-state index contributed by atoms with van der Waals surface area (Å²) < 4.78 is 6.71. The summed E-state index contributed by atoms with van der Waals surface area (Å²) in [5.74, 6) is 1.35. The molecule has 2 aromatic rings. The van der Waals surface area contributed by atoms with Gasteiger partial charge in [-0.3, -0.25) is 4.79 Å². The van der Waals surface area contributed by atoms with Crippen molar-refractivity contribution >= 4 is 21.8 Å². The standard InChI is InChI=1S/C17H21BrN2O2/c1-3-5-12(2)20-16(21)8-9-17-19-11-15(22-17)13-6-4-7-14(18)10-13/h4,6-7,10-12H,3,5,8-9H2,1-2H3,(H,20,21)/t12-/m0/s1. The van der Waals surface area contributed by atoms with E-state index < -0.39 is 0 Å². The molecule has 4 nitrogen and oxygen atoms in total. The maximum absolute atomic E-state index is 11.8. The quantitative estimate of drug-likeness (QED) is 0.794. The Kier molecular flexibility index (Phi) is 6.19. The van der Waals surface area contributed by atoms with Crippen molar-refractivity contribution in [1.29, 1.82) is 0 Å². The second kappa shape index (κ2) is 8.13. The van der Waals surface area contributed by atoms with E-state index in [0.29, 0.717) is 18.7 Å². The minimum atomic E-state index is 0.0446. The first-order valence-corrected chi connectivity index (χ1v) is 8.37. The molecule has 1 aromatic carbocycles. The fraction of sp³-hybridized carbons (Fsp3) is 0.412. The number of rotatable bonds is 7. The number of halogens is 1. The molecule has 1 heterocycles. The van der Waals surface area contributed by atoms with Gasteiger partial charge in [0.1, 0.15) is 0 Å². The third kappa shape index (κ3) is 4.98. The fourth-order valence-corrected chi connectivity index (χ4v) is 2.67. The molecule has 0 radical (unpaired) electrons. The number of nitrogens with zero attached hydrogens (tertiary/aromatic N) is 1. The van der Waals surface area contributed by atoms with Crippen molar-refractivity contribution in [3.63, 3.8) is 0 Å². The van der Waals surface area contributed by atoms with Crippen LogP contribution in [-0.2, 0) is 11.2 Å². The Bertz CT molecular complexity index is 625. The van der Waals surface area contributed by atoms with Crippen molar-refractivity contribution in [2.24, 2.45) is 0 Å². The van der Waals surface area contributed by atoms with Crippen LogP contribution in [0.15, 0.2) is 39.4 Å². The highest BCUT2D eigenvalue weighted by Crippen LogP contribution is 2.23. The predicted molar refractivity (Wildman–Crippen MR) is 90.5 cm³/mol. The molecule has 0 saturated carbocycles. The van der Waals surface area contributed by atoms with Gasteiger partial charge in [0.15, 0.2) is 11.7 Å². The van der Waals surface area contributed by atoms with Gasteiger partial charge in [0.2, 0.25) is 5.91 Å². The number of benzene rings is 1. The Hall–Kier alpha value is -1.62. The third-order valence-electron chi connectivity index (χ3n) is 3.36. The second-order valence-corrected chi connectivity index (χ2v) is 6.30. The van der Waals surface area contributed by atoms with E-state index in [1.165, 1.54) is 0 Å². The molecule has 1 amide bonds. The fourth-order valence-electron chi connectivity index (χ4n) is 2.27. The predicted octanol–water partition coefficient (Wildman–Crippen LogP) is 4.34. The number of hydrogen-bond donors (Lipinski definition) is 1. The average Bonchev–Trinajstić information content (AvgIpc) is 2.94. The van der Waals surface area contributed by atoms with Gasteiger partial charge in [0, 0.05) is 28.9 Å². The van der Waals surface area contributed by atoms with Gasteiger partial charge in [0.25, 0.3) is 0 Å². The molecule has 1 atom stereocenters. The molecule has 1 aromatic heterocycles. The molecule has 0 unspecified atom stereocenters. The molecule has 0 aliphatic carbocycles. The lowest BCUT2D eigenvalue weighted by Crippen LogP contribution is -2.32. The van der Waals surface area contributed by atoms with E-state index in [-0.39, 0.29) is 11.9 Å². The molecule has 0 spiro atoms. The number of carbonyl (C=O) groups is 1. The number of hydrogen-bond acceptors (Lipinski definition) is 3. The molecule has 0 saturated heterocycles. The molecular weight excluding hydrogens is 344 g/mol. The maximum Gasteiger partial charge on any atom is 0.220 e. The van der Waals surface area contributed by atoms with Crippen LogP contribution in [0.1, 0.15) is 39.0 Å². The lowest BCUT2D eigenvalue weighted by Gasteiger charge is -2.11. The summed E-state index contributed by atoms with van der Waals surface area (Å²) in [6.45, 7) is 4.14. The van der Waals surface area contributed by atoms with E-state index in [9.17, 15) is 4.79 Å². The normalized spacial score (nSPS) is 12.1. The number of carbonyl (C=O) groups excluding carboxylic acids is 1. The van der Waals surface area contributed by atoms with Gasteiger partial charge in [-0.05, 0) is 25.5 Å². The first kappa shape index (κ1) is 16.7. The lowest BCUT2D eigenvalue weighted by molar-refractivity contribution is -0.121. The van der Waals surface area contributed by atoms with Gasteiger partial charge >= 0.3 is 0 Å². The highest BCUT2D eigenvalue weighted by molar-refractivity contribution is 9.10. The number of nitrogens with one attached hydrogen (secondary N) is 1. The zero-order valence-electron chi connectivity index (χ0n) is 12.9. The van der Waals surface area contributed by atoms with Gasteiger partial charge in [0.05, 0.1) is 6.20 Å². The highest BCUT2D eigenvalue weighted by Gasteiger charge is 2.10. The molecule has 0 aliphatic rings. The largest absolute Gasteiger partial charge is 0.441 e. The van der Waals surface area contributed by atoms with Crippen LogP contribution in [-0.4, -0.2) is 16.9 Å². The van der Waals surface area contributed by atoms with Crippen molar-refractivity contribution in [1.82, 2.24) is 10.3 Å². The van der Waals surface area contributed by atoms with E-state index in [0.717, 1.165) is 28.6 Å². The summed E-state index contributed by atoms with van der Waals surface area (Å²) in [6.07, 6.45) is 4.68. The van der Waals surface area contributed by atoms with E-state index in [1.807, 2.05) is 31.2 Å². The van der Waals surface area contributed by atoms with Crippen molar-refractivity contribution < 1.29 is 9.21 Å². The van der Waals surface area contributed by atoms with Crippen LogP contribution in [0.5, 0.6) is 0 Å². The van der Waals surface area contributed by atoms with Crippen LogP contribution in [0.4, 0.5) is 0 Å². The molecule has 0 aliphatic heterocycles. The first-order chi connectivity index (χ1) is 10.6. The summed E-state index contributed by atoms with van der Waals surface area (Å²) in [7, 11) is 0. The van der Waals surface area contributed by atoms with Crippen LogP contribution in [0.25, 0.3) is 11.3 Å². The molecule has 1 N–H and O–H groups in total. The Morgan fingerprint density at radius 3 is 3.00 bits per heavy atom. The molecule has 118 valence electrons. The lowest BCUT2D eigenvalue weighted by atomic mass is 10.2. The third-order valence-corrected chi connectivity index (χ3v) is 3.85. The number of amides is 1. The Labute approximate surface area is 139 Å². The van der Waals surface area contributed by atoms with Crippen LogP contribution in [0.3, 0.4) is 0 Å². The zero-order valence-corrected chi connectivity index (χ0v) is 14.5. The van der Waals surface area contributed by atoms with Crippen LogP contribution >= 0.6 is 15.9 Å². The van der Waals surface area contributed by atoms with Crippen molar-refractivity contribution in [2.45, 2.75) is 45.6 Å². The SMILES string of the molecule is CCC[C@H](C)NC(=O)CCc1ncc(-c2cccc(Br)c2)o1. The molecule has 0 bridgehead atoms. The maximum atomic E-state index is 11.8. The molecule has 22 heavy (non-hydrogen) atoms. The highest BCUT2D eigenvalue weighted by atomic mass is 79.9. The van der Waals surface area contributed by atoms with Crippen LogP contribution in [0, 0.1) is 0 Å². The van der Waals surface area contributed by atoms with Gasteiger partial charge in [-0.25, -0.2) is 4.98 Å². The Morgan fingerprint density at radius 1 is 1.45 bits per heavy atom. The smallest absolute Gasteiger partial charge is 0.220 e. The van der Waals surface area contributed by atoms with Crippen molar-refractivity contribution in [3.05, 3.63) is 40.8 Å². The summed E-state index contributed by atoms with van der Waals surface area (Å²) in [4.78, 5) is 16.1. The van der Waals surface area contributed by atoms with E-state index in [2.05, 4.69) is 33.2 Å². The molecule has 5 heteroatoms. The second-order valence-electron chi connectivity index (χ2n) is 5.39. The molecular formula is C17H21BrN2O2. The number of aromatic nitrogens is 1. The van der Waals surface area contributed by atoms with E-state index in [4.69, 9.17) is 4.42 Å². The number of aryl methyl sites for hydroxylation is 1. The summed E-state index contributed by atoms with van der Waals surface area (Å²) >= 11 is 3.44. The van der Waals surface area contributed by atoms with Gasteiger partial charge in [-0.15, -0.1) is 0 Å². The topological polar surface area (TPSA) is 55.1 Å². The zero-order chi connectivity index (χ0) is 15.9. The summed E-state index contributed by atoms with van der Waals surface area (Å²) in [5, 5.41) is 2.98. The summed E-state index contributed by atoms with van der Waals surface area (Å²) in [6, 6.07) is 8.07. The van der Waals surface area contributed by atoms with Gasteiger partial charge in [-0.1, -0.05) is 41.4 Å². The van der Waals surface area contributed by atoms with Crippen molar-refractivity contribution in [2.75, 3.05) is 0 Å². The van der Waals surface area contributed by atoms with Gasteiger partial charge in [-0.2, -0.15) is 0 Å². The van der Waals surface area contributed by atoms with Gasteiger partial charge < -0.3 is 9.73 Å². The minimum absolute atomic E-state index is 0.0446. The van der Waals surface area contributed by atoms with Crippen LogP contribution in [0.2, 0.25) is 0 Å². The molecule has 0 fully saturated rings. The number of oxazole rings is 1. The molecule has 2 rings (SSSR count). The Balaban J connectivity index is 1.88. The van der Waals surface area contributed by atoms with E-state index in [1.54, 1.807) is 6.20 Å². The summed E-state index contributed by atoms with van der Waals surface area (Å²) in [5.41, 5.74) is 0.967. The van der Waals surface area contributed by atoms with Crippen LogP contribution < -0.4 is 5.32 Å². The van der Waals surface area contributed by atoms with Crippen molar-refractivity contribution in [3.8, 4) is 11.3 Å². The monoisotopic (exact) mass is 364 g/mol. The van der Waals surface area contributed by atoms with E-state index >= 15 is 0 Å². The minimum Gasteiger partial charge on any atom is -0.441 e. The average molecular weight is 365 g/mol. The first-order valence-electron chi connectivity index (χ1n) is 7.58.